The summed E-state index contributed by atoms with van der Waals surface area (Å²) in [5.74, 6) is 0.147. The third kappa shape index (κ3) is 5.83. The molecule has 7 nitrogen and oxygen atoms in total. The average molecular weight is 516 g/mol. The topological polar surface area (TPSA) is 85.3 Å². The molecule has 1 heterocycles. The number of likely N-dealkylation sites (tertiary alicyclic amines) is 1. The van der Waals surface area contributed by atoms with E-state index in [2.05, 4.69) is 0 Å². The molecule has 1 unspecified atom stereocenters. The predicted octanol–water partition coefficient (Wildman–Crippen LogP) is 5.89. The molecule has 1 aliphatic rings. The first-order chi connectivity index (χ1) is 18.3. The van der Waals surface area contributed by atoms with Gasteiger partial charge in [-0.05, 0) is 67.8 Å². The van der Waals surface area contributed by atoms with Crippen molar-refractivity contribution in [3.05, 3.63) is 95.1 Å². The van der Waals surface area contributed by atoms with Gasteiger partial charge in [0.15, 0.2) is 0 Å². The van der Waals surface area contributed by atoms with Crippen molar-refractivity contribution in [3.63, 3.8) is 0 Å². The molecule has 198 valence electrons. The summed E-state index contributed by atoms with van der Waals surface area (Å²) < 4.78 is 16.9. The molecule has 1 atom stereocenters. The van der Waals surface area contributed by atoms with E-state index < -0.39 is 17.7 Å². The fourth-order valence-corrected chi connectivity index (χ4v) is 4.50. The number of ketones is 1. The van der Waals surface area contributed by atoms with Gasteiger partial charge in [0.1, 0.15) is 23.0 Å². The molecule has 1 saturated heterocycles. The van der Waals surface area contributed by atoms with Crippen LogP contribution in [0.4, 0.5) is 0 Å². The van der Waals surface area contributed by atoms with E-state index in [0.29, 0.717) is 35.0 Å². The lowest BCUT2D eigenvalue weighted by Gasteiger charge is -2.26. The van der Waals surface area contributed by atoms with Crippen LogP contribution in [-0.2, 0) is 16.1 Å². The summed E-state index contributed by atoms with van der Waals surface area (Å²) in [5.41, 5.74) is 1.87. The minimum atomic E-state index is -0.822. The first-order valence-electron chi connectivity index (χ1n) is 12.7. The Labute approximate surface area is 223 Å². The highest BCUT2D eigenvalue weighted by atomic mass is 16.5. The number of carbonyl (C=O) groups excluding carboxylic acids is 2. The summed E-state index contributed by atoms with van der Waals surface area (Å²) in [5, 5.41) is 11.4. The van der Waals surface area contributed by atoms with Crippen LogP contribution in [0.1, 0.15) is 49.9 Å². The number of ether oxygens (including phenoxy) is 3. The van der Waals surface area contributed by atoms with E-state index in [-0.39, 0.29) is 24.0 Å². The number of Topliss-reactive ketones (excluding diaryl/α,β-unsaturated/α-hetero) is 1. The van der Waals surface area contributed by atoms with Gasteiger partial charge in [0.2, 0.25) is 0 Å². The Balaban J connectivity index is 1.83. The number of aliphatic hydroxyl groups is 1. The molecular formula is C31H33NO6. The molecule has 1 amide bonds. The number of carbonyl (C=O) groups is 2. The van der Waals surface area contributed by atoms with Crippen molar-refractivity contribution in [2.45, 2.75) is 45.9 Å². The van der Waals surface area contributed by atoms with E-state index in [1.165, 1.54) is 4.90 Å². The number of aliphatic hydroxyl groups excluding tert-OH is 1. The smallest absolute Gasteiger partial charge is 0.295 e. The second-order valence-electron chi connectivity index (χ2n) is 9.39. The van der Waals surface area contributed by atoms with Crippen molar-refractivity contribution >= 4 is 17.4 Å². The minimum absolute atomic E-state index is 0.0206. The molecule has 1 aliphatic heterocycles. The van der Waals surface area contributed by atoms with Crippen LogP contribution >= 0.6 is 0 Å². The van der Waals surface area contributed by atoms with Crippen molar-refractivity contribution in [3.8, 4) is 17.2 Å². The third-order valence-electron chi connectivity index (χ3n) is 6.15. The zero-order chi connectivity index (χ0) is 27.2. The van der Waals surface area contributed by atoms with E-state index in [0.717, 1.165) is 12.0 Å². The number of amides is 1. The summed E-state index contributed by atoms with van der Waals surface area (Å²) in [6.07, 6.45) is 0.777. The molecule has 4 rings (SSSR count). The summed E-state index contributed by atoms with van der Waals surface area (Å²) in [6, 6.07) is 20.7. The van der Waals surface area contributed by atoms with Gasteiger partial charge in [0.05, 0.1) is 31.4 Å². The lowest BCUT2D eigenvalue weighted by atomic mass is 9.95. The number of hydrogen-bond donors (Lipinski definition) is 1. The van der Waals surface area contributed by atoms with Gasteiger partial charge in [0.25, 0.3) is 11.7 Å². The van der Waals surface area contributed by atoms with Crippen molar-refractivity contribution in [2.75, 3.05) is 13.7 Å². The lowest BCUT2D eigenvalue weighted by Crippen LogP contribution is -2.29. The Morgan fingerprint density at radius 2 is 1.66 bits per heavy atom. The van der Waals surface area contributed by atoms with E-state index >= 15 is 0 Å². The number of hydrogen-bond acceptors (Lipinski definition) is 6. The van der Waals surface area contributed by atoms with Crippen molar-refractivity contribution in [1.82, 2.24) is 4.90 Å². The van der Waals surface area contributed by atoms with Crippen LogP contribution in [0.15, 0.2) is 78.4 Å². The van der Waals surface area contributed by atoms with Gasteiger partial charge in [-0.1, -0.05) is 43.3 Å². The number of methoxy groups -OCH3 is 1. The SMILES string of the molecule is CCCOc1cccc(/C(O)=C2/C(=O)C(=O)N(Cc3cccc(OC)c3)C2c2cccc(OC(C)C)c2)c1. The van der Waals surface area contributed by atoms with Gasteiger partial charge >= 0.3 is 0 Å². The van der Waals surface area contributed by atoms with Gasteiger partial charge in [-0.25, -0.2) is 0 Å². The zero-order valence-corrected chi connectivity index (χ0v) is 22.1. The third-order valence-corrected chi connectivity index (χ3v) is 6.15. The molecular weight excluding hydrogens is 482 g/mol. The molecule has 0 radical (unpaired) electrons. The first kappa shape index (κ1) is 26.8. The monoisotopic (exact) mass is 515 g/mol. The largest absolute Gasteiger partial charge is 0.507 e. The van der Waals surface area contributed by atoms with Gasteiger partial charge in [-0.15, -0.1) is 0 Å². The molecule has 3 aromatic rings. The van der Waals surface area contributed by atoms with E-state index in [4.69, 9.17) is 14.2 Å². The van der Waals surface area contributed by atoms with Crippen LogP contribution in [0.25, 0.3) is 5.76 Å². The van der Waals surface area contributed by atoms with Gasteiger partial charge in [0, 0.05) is 12.1 Å². The van der Waals surface area contributed by atoms with Crippen molar-refractivity contribution in [2.24, 2.45) is 0 Å². The molecule has 0 bridgehead atoms. The Morgan fingerprint density at radius 1 is 0.947 bits per heavy atom. The molecule has 0 aliphatic carbocycles. The lowest BCUT2D eigenvalue weighted by molar-refractivity contribution is -0.140. The molecule has 7 heteroatoms. The summed E-state index contributed by atoms with van der Waals surface area (Å²) >= 11 is 0. The molecule has 0 saturated carbocycles. The highest BCUT2D eigenvalue weighted by Crippen LogP contribution is 2.41. The maximum Gasteiger partial charge on any atom is 0.295 e. The Kier molecular flexibility index (Phi) is 8.36. The molecule has 0 aromatic heterocycles. The highest BCUT2D eigenvalue weighted by molar-refractivity contribution is 6.46. The average Bonchev–Trinajstić information content (AvgIpc) is 3.16. The summed E-state index contributed by atoms with van der Waals surface area (Å²) in [7, 11) is 1.57. The van der Waals surface area contributed by atoms with Gasteiger partial charge in [-0.2, -0.15) is 0 Å². The fraction of sp³-hybridized carbons (Fsp3) is 0.290. The van der Waals surface area contributed by atoms with Crippen LogP contribution in [-0.4, -0.2) is 41.5 Å². The zero-order valence-electron chi connectivity index (χ0n) is 22.1. The second kappa shape index (κ2) is 11.9. The van der Waals surface area contributed by atoms with E-state index in [1.807, 2.05) is 69.3 Å². The molecule has 1 fully saturated rings. The van der Waals surface area contributed by atoms with Gasteiger partial charge in [-0.3, -0.25) is 9.59 Å². The van der Waals surface area contributed by atoms with E-state index in [1.54, 1.807) is 31.4 Å². The van der Waals surface area contributed by atoms with Crippen LogP contribution in [0.3, 0.4) is 0 Å². The number of benzene rings is 3. The van der Waals surface area contributed by atoms with Crippen LogP contribution in [0.5, 0.6) is 17.2 Å². The Hall–Kier alpha value is -4.26. The van der Waals surface area contributed by atoms with Crippen LogP contribution in [0.2, 0.25) is 0 Å². The van der Waals surface area contributed by atoms with Crippen molar-refractivity contribution < 1.29 is 28.9 Å². The predicted molar refractivity (Wildman–Crippen MR) is 145 cm³/mol. The minimum Gasteiger partial charge on any atom is -0.507 e. The van der Waals surface area contributed by atoms with Gasteiger partial charge < -0.3 is 24.2 Å². The highest BCUT2D eigenvalue weighted by Gasteiger charge is 2.46. The molecule has 0 spiro atoms. The van der Waals surface area contributed by atoms with E-state index in [9.17, 15) is 14.7 Å². The fourth-order valence-electron chi connectivity index (χ4n) is 4.50. The van der Waals surface area contributed by atoms with Crippen molar-refractivity contribution in [1.29, 1.82) is 0 Å². The number of nitrogens with zero attached hydrogens (tertiary/aromatic N) is 1. The molecule has 1 N–H and O–H groups in total. The molecule has 38 heavy (non-hydrogen) atoms. The van der Waals surface area contributed by atoms with Crippen LogP contribution in [0, 0.1) is 0 Å². The quantitative estimate of drug-likeness (QED) is 0.206. The van der Waals surface area contributed by atoms with Crippen LogP contribution < -0.4 is 14.2 Å². The Morgan fingerprint density at radius 3 is 2.39 bits per heavy atom. The second-order valence-corrected chi connectivity index (χ2v) is 9.39. The normalized spacial score (nSPS) is 16.7. The first-order valence-corrected chi connectivity index (χ1v) is 12.7. The summed E-state index contributed by atoms with van der Waals surface area (Å²) in [6.45, 7) is 6.53. The maximum atomic E-state index is 13.5. The maximum absolute atomic E-state index is 13.5. The summed E-state index contributed by atoms with van der Waals surface area (Å²) in [4.78, 5) is 28.3. The standard InChI is InChI=1S/C31H33NO6/c1-5-15-37-25-13-8-11-23(18-25)29(33)27-28(22-10-7-14-26(17-22)38-20(2)3)32(31(35)30(27)34)19-21-9-6-12-24(16-21)36-4/h6-14,16-18,20,28,33H,5,15,19H2,1-4H3/b29-27-. The number of rotatable bonds is 10. The Bertz CT molecular complexity index is 1350. The molecule has 3 aromatic carbocycles.